The summed E-state index contributed by atoms with van der Waals surface area (Å²) in [6.45, 7) is 9.33. The minimum absolute atomic E-state index is 0.0781. The summed E-state index contributed by atoms with van der Waals surface area (Å²) >= 11 is 1.43. The van der Waals surface area contributed by atoms with Crippen LogP contribution in [0.4, 0.5) is 0 Å². The molecular formula is C23H29N5O2S. The van der Waals surface area contributed by atoms with Crippen LogP contribution in [-0.4, -0.2) is 70.8 Å². The van der Waals surface area contributed by atoms with E-state index in [0.29, 0.717) is 4.88 Å². The zero-order chi connectivity index (χ0) is 22.1. The van der Waals surface area contributed by atoms with Gasteiger partial charge in [-0.25, -0.2) is 9.67 Å². The van der Waals surface area contributed by atoms with E-state index in [1.807, 2.05) is 35.6 Å². The third kappa shape index (κ3) is 4.36. The highest BCUT2D eigenvalue weighted by Gasteiger charge is 2.25. The predicted octanol–water partition coefficient (Wildman–Crippen LogP) is 3.24. The quantitative estimate of drug-likeness (QED) is 0.611. The number of benzene rings is 1. The second-order valence-corrected chi connectivity index (χ2v) is 9.07. The SMILES string of the molecule is COc1ccc(Cc2c(C)nn(-c3nc(C)c(C(=O)N4CCN(C)CC4)s3)c2C)cc1. The minimum Gasteiger partial charge on any atom is -0.497 e. The summed E-state index contributed by atoms with van der Waals surface area (Å²) in [5.74, 6) is 0.929. The fraction of sp³-hybridized carbons (Fsp3) is 0.435. The molecule has 7 nitrogen and oxygen atoms in total. The number of amides is 1. The molecule has 0 spiro atoms. The Bertz CT molecular complexity index is 1080. The molecule has 0 unspecified atom stereocenters. The summed E-state index contributed by atoms with van der Waals surface area (Å²) in [7, 11) is 3.76. The number of ether oxygens (including phenoxy) is 1. The van der Waals surface area contributed by atoms with Gasteiger partial charge >= 0.3 is 0 Å². The van der Waals surface area contributed by atoms with Gasteiger partial charge in [-0.3, -0.25) is 4.79 Å². The Morgan fingerprint density at radius 3 is 2.39 bits per heavy atom. The van der Waals surface area contributed by atoms with Crippen LogP contribution in [0.25, 0.3) is 5.13 Å². The van der Waals surface area contributed by atoms with Crippen LogP contribution in [-0.2, 0) is 6.42 Å². The number of methoxy groups -OCH3 is 1. The van der Waals surface area contributed by atoms with E-state index in [9.17, 15) is 4.79 Å². The van der Waals surface area contributed by atoms with E-state index in [2.05, 4.69) is 31.0 Å². The zero-order valence-electron chi connectivity index (χ0n) is 18.8. The highest BCUT2D eigenvalue weighted by Crippen LogP contribution is 2.27. The van der Waals surface area contributed by atoms with Crippen LogP contribution in [0.5, 0.6) is 5.75 Å². The number of hydrogen-bond acceptors (Lipinski definition) is 6. The number of rotatable bonds is 5. The van der Waals surface area contributed by atoms with Crippen molar-refractivity contribution in [3.8, 4) is 10.9 Å². The molecule has 1 aromatic carbocycles. The van der Waals surface area contributed by atoms with Crippen molar-refractivity contribution in [3.05, 3.63) is 57.4 Å². The average Bonchev–Trinajstić information content (AvgIpc) is 3.29. The number of aromatic nitrogens is 3. The molecule has 1 amide bonds. The number of aryl methyl sites for hydroxylation is 2. The molecule has 0 saturated carbocycles. The maximum Gasteiger partial charge on any atom is 0.266 e. The Morgan fingerprint density at radius 1 is 1.06 bits per heavy atom. The number of likely N-dealkylation sites (N-methyl/N-ethyl adjacent to an activating group) is 1. The van der Waals surface area contributed by atoms with Crippen LogP contribution < -0.4 is 4.74 Å². The lowest BCUT2D eigenvalue weighted by molar-refractivity contribution is 0.0668. The number of piperazine rings is 1. The molecule has 0 radical (unpaired) electrons. The Kier molecular flexibility index (Phi) is 6.11. The van der Waals surface area contributed by atoms with E-state index in [1.54, 1.807) is 7.11 Å². The Labute approximate surface area is 187 Å². The highest BCUT2D eigenvalue weighted by molar-refractivity contribution is 7.16. The van der Waals surface area contributed by atoms with Crippen molar-refractivity contribution >= 4 is 17.2 Å². The summed E-state index contributed by atoms with van der Waals surface area (Å²) in [4.78, 5) is 22.6. The Balaban J connectivity index is 1.58. The third-order valence-corrected chi connectivity index (χ3v) is 7.05. The van der Waals surface area contributed by atoms with Crippen molar-refractivity contribution in [1.29, 1.82) is 0 Å². The van der Waals surface area contributed by atoms with E-state index < -0.39 is 0 Å². The molecule has 0 bridgehead atoms. The topological polar surface area (TPSA) is 63.5 Å². The number of carbonyl (C=O) groups is 1. The number of carbonyl (C=O) groups excluding carboxylic acids is 1. The van der Waals surface area contributed by atoms with Gasteiger partial charge in [0.1, 0.15) is 10.6 Å². The standard InChI is InChI=1S/C23H29N5O2S/c1-15-20(14-18-6-8-19(30-5)9-7-18)17(3)28(25-15)23-24-16(2)21(31-23)22(29)27-12-10-26(4)11-13-27/h6-9H,10-14H2,1-5H3. The molecule has 0 N–H and O–H groups in total. The maximum atomic E-state index is 13.1. The summed E-state index contributed by atoms with van der Waals surface area (Å²) in [5.41, 5.74) is 5.19. The first kappa shape index (κ1) is 21.5. The lowest BCUT2D eigenvalue weighted by Gasteiger charge is -2.32. The van der Waals surface area contributed by atoms with Crippen LogP contribution in [0, 0.1) is 20.8 Å². The molecule has 0 atom stereocenters. The third-order valence-electron chi connectivity index (χ3n) is 5.93. The molecule has 2 aromatic heterocycles. The molecule has 1 fully saturated rings. The predicted molar refractivity (Wildman–Crippen MR) is 123 cm³/mol. The number of hydrogen-bond donors (Lipinski definition) is 0. The number of nitrogens with zero attached hydrogens (tertiary/aromatic N) is 5. The normalized spacial score (nSPS) is 14.8. The molecule has 1 aliphatic heterocycles. The molecule has 31 heavy (non-hydrogen) atoms. The van der Waals surface area contributed by atoms with Gasteiger partial charge in [-0.1, -0.05) is 23.5 Å². The van der Waals surface area contributed by atoms with Gasteiger partial charge in [0.05, 0.1) is 18.5 Å². The fourth-order valence-corrected chi connectivity index (χ4v) is 4.93. The van der Waals surface area contributed by atoms with Crippen LogP contribution >= 0.6 is 11.3 Å². The maximum absolute atomic E-state index is 13.1. The van der Waals surface area contributed by atoms with E-state index in [1.165, 1.54) is 22.5 Å². The molecule has 3 heterocycles. The van der Waals surface area contributed by atoms with Crippen molar-refractivity contribution in [1.82, 2.24) is 24.6 Å². The molecule has 3 aromatic rings. The lowest BCUT2D eigenvalue weighted by atomic mass is 10.0. The van der Waals surface area contributed by atoms with E-state index in [4.69, 9.17) is 14.8 Å². The van der Waals surface area contributed by atoms with Gasteiger partial charge in [-0.15, -0.1) is 0 Å². The van der Waals surface area contributed by atoms with Crippen molar-refractivity contribution in [2.75, 3.05) is 40.3 Å². The van der Waals surface area contributed by atoms with Crippen molar-refractivity contribution in [2.24, 2.45) is 0 Å². The number of thiazole rings is 1. The van der Waals surface area contributed by atoms with Gasteiger partial charge in [0.2, 0.25) is 5.13 Å². The molecular weight excluding hydrogens is 410 g/mol. The van der Waals surface area contributed by atoms with Gasteiger partial charge in [-0.05, 0) is 45.5 Å². The largest absolute Gasteiger partial charge is 0.497 e. The first-order chi connectivity index (χ1) is 14.9. The van der Waals surface area contributed by atoms with Crippen molar-refractivity contribution in [3.63, 3.8) is 0 Å². The molecule has 0 aliphatic carbocycles. The van der Waals surface area contributed by atoms with Crippen LogP contribution in [0.15, 0.2) is 24.3 Å². The summed E-state index contributed by atoms with van der Waals surface area (Å²) < 4.78 is 7.14. The van der Waals surface area contributed by atoms with Gasteiger partial charge in [0, 0.05) is 43.9 Å². The first-order valence-corrected chi connectivity index (χ1v) is 11.3. The molecule has 1 aliphatic rings. The minimum atomic E-state index is 0.0781. The second-order valence-electron chi connectivity index (χ2n) is 8.09. The van der Waals surface area contributed by atoms with Crippen LogP contribution in [0.3, 0.4) is 0 Å². The molecule has 4 rings (SSSR count). The summed E-state index contributed by atoms with van der Waals surface area (Å²) in [6, 6.07) is 8.11. The van der Waals surface area contributed by atoms with E-state index >= 15 is 0 Å². The fourth-order valence-electron chi connectivity index (χ4n) is 3.89. The molecule has 164 valence electrons. The Hall–Kier alpha value is -2.71. The first-order valence-electron chi connectivity index (χ1n) is 10.5. The van der Waals surface area contributed by atoms with Gasteiger partial charge < -0.3 is 14.5 Å². The lowest BCUT2D eigenvalue weighted by Crippen LogP contribution is -2.47. The second kappa shape index (κ2) is 8.80. The summed E-state index contributed by atoms with van der Waals surface area (Å²) in [6.07, 6.45) is 0.791. The zero-order valence-corrected chi connectivity index (χ0v) is 19.6. The van der Waals surface area contributed by atoms with Crippen LogP contribution in [0.2, 0.25) is 0 Å². The van der Waals surface area contributed by atoms with Crippen molar-refractivity contribution < 1.29 is 9.53 Å². The van der Waals surface area contributed by atoms with E-state index in [0.717, 1.165) is 60.6 Å². The highest BCUT2D eigenvalue weighted by atomic mass is 32.1. The summed E-state index contributed by atoms with van der Waals surface area (Å²) in [5, 5.41) is 5.50. The van der Waals surface area contributed by atoms with Gasteiger partial charge in [-0.2, -0.15) is 5.10 Å². The molecule has 8 heteroatoms. The van der Waals surface area contributed by atoms with Crippen molar-refractivity contribution in [2.45, 2.75) is 27.2 Å². The Morgan fingerprint density at radius 2 is 1.74 bits per heavy atom. The van der Waals surface area contributed by atoms with Gasteiger partial charge in [0.15, 0.2) is 0 Å². The van der Waals surface area contributed by atoms with Crippen LogP contribution in [0.1, 0.15) is 37.9 Å². The monoisotopic (exact) mass is 439 g/mol. The van der Waals surface area contributed by atoms with Gasteiger partial charge in [0.25, 0.3) is 5.91 Å². The molecule has 1 saturated heterocycles. The van der Waals surface area contributed by atoms with E-state index in [-0.39, 0.29) is 5.91 Å². The average molecular weight is 440 g/mol. The smallest absolute Gasteiger partial charge is 0.266 e.